The number of methoxy groups -OCH3 is 1. The summed E-state index contributed by atoms with van der Waals surface area (Å²) < 4.78 is 8.91. The largest absolute Gasteiger partial charge is 0.453 e. The molecule has 70 valence electrons. The number of carbonyl (C=O) groups excluding carboxylic acids is 2. The minimum Gasteiger partial charge on any atom is -0.453 e. The van der Waals surface area contributed by atoms with Crippen molar-refractivity contribution >= 4 is 12.6 Å². The molecule has 0 aliphatic carbocycles. The molecule has 0 bridgehead atoms. The van der Waals surface area contributed by atoms with Gasteiger partial charge >= 0.3 is 6.09 Å². The number of carbonyl (C=O) groups is 2. The highest BCUT2D eigenvalue weighted by Gasteiger charge is 2.16. The first-order chi connectivity index (χ1) is 5.61. The lowest BCUT2D eigenvalue weighted by Gasteiger charge is -2.18. The zero-order chi connectivity index (χ0) is 9.56. The molecule has 0 aromatic rings. The van der Waals surface area contributed by atoms with Crippen molar-refractivity contribution in [3.05, 3.63) is 0 Å². The maximum Gasteiger partial charge on any atom is 0.409 e. The number of rotatable bonds is 4. The maximum atomic E-state index is 10.7. The molecule has 12 heavy (non-hydrogen) atoms. The highest BCUT2D eigenvalue weighted by molar-refractivity contribution is 5.67. The molecule has 0 spiro atoms. The SMILES string of the molecule is COC(=O)N[C@H](OC=O)C(C)C. The Hall–Kier alpha value is -1.26. The molecule has 0 aliphatic heterocycles. The van der Waals surface area contributed by atoms with Crippen LogP contribution in [0, 0.1) is 5.92 Å². The van der Waals surface area contributed by atoms with Crippen LogP contribution in [-0.2, 0) is 14.3 Å². The zero-order valence-corrected chi connectivity index (χ0v) is 7.37. The lowest BCUT2D eigenvalue weighted by molar-refractivity contribution is -0.136. The molecule has 0 heterocycles. The van der Waals surface area contributed by atoms with Crippen molar-refractivity contribution < 1.29 is 19.1 Å². The minimum absolute atomic E-state index is 0.00861. The van der Waals surface area contributed by atoms with Crippen LogP contribution in [0.1, 0.15) is 13.8 Å². The van der Waals surface area contributed by atoms with E-state index in [4.69, 9.17) is 0 Å². The number of ether oxygens (including phenoxy) is 2. The van der Waals surface area contributed by atoms with Crippen molar-refractivity contribution in [3.8, 4) is 0 Å². The molecule has 0 unspecified atom stereocenters. The Balaban J connectivity index is 3.94. The van der Waals surface area contributed by atoms with Gasteiger partial charge in [-0.2, -0.15) is 0 Å². The first-order valence-corrected chi connectivity index (χ1v) is 3.55. The molecule has 1 atom stereocenters. The van der Waals surface area contributed by atoms with Crippen LogP contribution >= 0.6 is 0 Å². The van der Waals surface area contributed by atoms with Crippen molar-refractivity contribution in [2.24, 2.45) is 5.92 Å². The fourth-order valence-corrected chi connectivity index (χ4v) is 0.593. The van der Waals surface area contributed by atoms with E-state index in [2.05, 4.69) is 14.8 Å². The van der Waals surface area contributed by atoms with Gasteiger partial charge in [0.05, 0.1) is 7.11 Å². The summed E-state index contributed by atoms with van der Waals surface area (Å²) in [6.45, 7) is 3.91. The molecule has 0 aromatic carbocycles. The number of amides is 1. The smallest absolute Gasteiger partial charge is 0.409 e. The summed E-state index contributed by atoms with van der Waals surface area (Å²) >= 11 is 0. The normalized spacial score (nSPS) is 12.0. The third-order valence-electron chi connectivity index (χ3n) is 1.25. The van der Waals surface area contributed by atoms with Crippen molar-refractivity contribution in [2.75, 3.05) is 7.11 Å². The number of alkyl carbamates (subject to hydrolysis) is 1. The summed E-state index contributed by atoms with van der Waals surface area (Å²) in [7, 11) is 1.24. The monoisotopic (exact) mass is 175 g/mol. The first kappa shape index (κ1) is 10.7. The Morgan fingerprint density at radius 3 is 2.42 bits per heavy atom. The molecule has 5 heteroatoms. The Morgan fingerprint density at radius 2 is 2.08 bits per heavy atom. The van der Waals surface area contributed by atoms with Crippen LogP contribution in [0.5, 0.6) is 0 Å². The number of nitrogens with one attached hydrogen (secondary N) is 1. The summed E-state index contributed by atoms with van der Waals surface area (Å²) in [5, 5.41) is 2.35. The molecule has 1 N–H and O–H groups in total. The van der Waals surface area contributed by atoms with Gasteiger partial charge in [0, 0.05) is 5.92 Å². The van der Waals surface area contributed by atoms with E-state index in [-0.39, 0.29) is 5.92 Å². The Labute approximate surface area is 71.0 Å². The second-order valence-electron chi connectivity index (χ2n) is 2.53. The third-order valence-corrected chi connectivity index (χ3v) is 1.25. The molecule has 0 aliphatic rings. The van der Waals surface area contributed by atoms with E-state index in [9.17, 15) is 9.59 Å². The van der Waals surface area contributed by atoms with E-state index >= 15 is 0 Å². The molecular formula is C7H13NO4. The van der Waals surface area contributed by atoms with E-state index < -0.39 is 12.3 Å². The van der Waals surface area contributed by atoms with Gasteiger partial charge in [-0.3, -0.25) is 10.1 Å². The van der Waals surface area contributed by atoms with Crippen molar-refractivity contribution in [3.63, 3.8) is 0 Å². The van der Waals surface area contributed by atoms with Gasteiger partial charge in [0.2, 0.25) is 0 Å². The fraction of sp³-hybridized carbons (Fsp3) is 0.714. The zero-order valence-electron chi connectivity index (χ0n) is 7.37. The van der Waals surface area contributed by atoms with E-state index in [1.54, 1.807) is 0 Å². The average Bonchev–Trinajstić information content (AvgIpc) is 2.03. The van der Waals surface area contributed by atoms with Gasteiger partial charge in [0.15, 0.2) is 6.23 Å². The Bertz CT molecular complexity index is 157. The van der Waals surface area contributed by atoms with Gasteiger partial charge < -0.3 is 9.47 Å². The van der Waals surface area contributed by atoms with Crippen LogP contribution in [-0.4, -0.2) is 25.9 Å². The van der Waals surface area contributed by atoms with Gasteiger partial charge in [0.25, 0.3) is 6.47 Å². The summed E-state index contributed by atoms with van der Waals surface area (Å²) in [5.41, 5.74) is 0. The molecule has 0 radical (unpaired) electrons. The predicted molar refractivity (Wildman–Crippen MR) is 41.3 cm³/mol. The maximum absolute atomic E-state index is 10.7. The van der Waals surface area contributed by atoms with Crippen LogP contribution < -0.4 is 5.32 Å². The fourth-order valence-electron chi connectivity index (χ4n) is 0.593. The summed E-state index contributed by atoms with van der Waals surface area (Å²) in [6.07, 6.45) is -1.24. The third kappa shape index (κ3) is 3.80. The van der Waals surface area contributed by atoms with Crippen LogP contribution in [0.4, 0.5) is 4.79 Å². The lowest BCUT2D eigenvalue weighted by atomic mass is 10.2. The van der Waals surface area contributed by atoms with Crippen LogP contribution in [0.2, 0.25) is 0 Å². The van der Waals surface area contributed by atoms with E-state index in [0.29, 0.717) is 6.47 Å². The predicted octanol–water partition coefficient (Wildman–Crippen LogP) is 0.497. The summed E-state index contributed by atoms with van der Waals surface area (Å²) in [4.78, 5) is 20.6. The summed E-state index contributed by atoms with van der Waals surface area (Å²) in [5.74, 6) is 0.00861. The van der Waals surface area contributed by atoms with Crippen LogP contribution in [0.25, 0.3) is 0 Å². The van der Waals surface area contributed by atoms with Gasteiger partial charge in [-0.25, -0.2) is 4.79 Å². The van der Waals surface area contributed by atoms with Gasteiger partial charge in [0.1, 0.15) is 0 Å². The Morgan fingerprint density at radius 1 is 1.50 bits per heavy atom. The molecule has 0 fully saturated rings. The highest BCUT2D eigenvalue weighted by atomic mass is 16.6. The number of hydrogen-bond donors (Lipinski definition) is 1. The molecule has 0 aromatic heterocycles. The average molecular weight is 175 g/mol. The van der Waals surface area contributed by atoms with Crippen LogP contribution in [0.3, 0.4) is 0 Å². The minimum atomic E-state index is -0.630. The molecular weight excluding hydrogens is 162 g/mol. The van der Waals surface area contributed by atoms with Crippen molar-refractivity contribution in [2.45, 2.75) is 20.1 Å². The number of hydrogen-bond acceptors (Lipinski definition) is 4. The standard InChI is InChI=1S/C7H13NO4/c1-5(2)6(12-4-9)8-7(10)11-3/h4-6H,1-3H3,(H,8,10)/t6-/m1/s1. The molecule has 0 saturated heterocycles. The second-order valence-corrected chi connectivity index (χ2v) is 2.53. The molecule has 1 amide bonds. The van der Waals surface area contributed by atoms with Crippen LogP contribution in [0.15, 0.2) is 0 Å². The van der Waals surface area contributed by atoms with E-state index in [0.717, 1.165) is 0 Å². The highest BCUT2D eigenvalue weighted by Crippen LogP contribution is 2.01. The summed E-state index contributed by atoms with van der Waals surface area (Å²) in [6, 6.07) is 0. The van der Waals surface area contributed by atoms with Gasteiger partial charge in [-0.15, -0.1) is 0 Å². The van der Waals surface area contributed by atoms with Gasteiger partial charge in [-0.1, -0.05) is 13.8 Å². The van der Waals surface area contributed by atoms with Gasteiger partial charge in [-0.05, 0) is 0 Å². The van der Waals surface area contributed by atoms with E-state index in [1.807, 2.05) is 13.8 Å². The second kappa shape index (κ2) is 5.40. The van der Waals surface area contributed by atoms with E-state index in [1.165, 1.54) is 7.11 Å². The van der Waals surface area contributed by atoms with Crippen molar-refractivity contribution in [1.29, 1.82) is 0 Å². The van der Waals surface area contributed by atoms with Crippen molar-refractivity contribution in [1.82, 2.24) is 5.32 Å². The quantitative estimate of drug-likeness (QED) is 0.499. The Kier molecular flexibility index (Phi) is 4.83. The molecule has 0 saturated carbocycles. The molecule has 5 nitrogen and oxygen atoms in total. The topological polar surface area (TPSA) is 64.6 Å². The lowest BCUT2D eigenvalue weighted by Crippen LogP contribution is -2.40. The first-order valence-electron chi connectivity index (χ1n) is 3.55. The molecule has 0 rings (SSSR count).